The highest BCUT2D eigenvalue weighted by Crippen LogP contribution is 2.29. The van der Waals surface area contributed by atoms with Gasteiger partial charge in [-0.15, -0.1) is 0 Å². The minimum Gasteiger partial charge on any atom is -0.489 e. The lowest BCUT2D eigenvalue weighted by Gasteiger charge is -2.34. The second-order valence-corrected chi connectivity index (χ2v) is 6.22. The number of hydrogen-bond donors (Lipinski definition) is 3. The van der Waals surface area contributed by atoms with Gasteiger partial charge in [-0.1, -0.05) is 23.7 Å². The summed E-state index contributed by atoms with van der Waals surface area (Å²) in [5.41, 5.74) is -0.495. The number of β-amino-alcohol motifs (C(OH)–C–C–N with tert-alkyl or cyclic N) is 2. The van der Waals surface area contributed by atoms with Crippen LogP contribution in [0.5, 0.6) is 5.75 Å². The molecule has 3 N–H and O–H groups in total. The summed E-state index contributed by atoms with van der Waals surface area (Å²) in [5.74, 6) is 0.532. The maximum atomic E-state index is 10.1. The van der Waals surface area contributed by atoms with Crippen LogP contribution in [0.4, 0.5) is 0 Å². The Bertz CT molecular complexity index is 473. The molecule has 0 spiro atoms. The smallest absolute Gasteiger partial charge is 0.138 e. The Hall–Kier alpha value is -0.850. The molecule has 5 nitrogen and oxygen atoms in total. The molecule has 0 aliphatic carbocycles. The Labute approximate surface area is 129 Å². The van der Waals surface area contributed by atoms with Gasteiger partial charge in [0, 0.05) is 18.6 Å². The molecule has 0 amide bonds. The van der Waals surface area contributed by atoms with Crippen LogP contribution in [-0.2, 0) is 0 Å². The van der Waals surface area contributed by atoms with Crippen molar-refractivity contribution in [3.63, 3.8) is 0 Å². The summed E-state index contributed by atoms with van der Waals surface area (Å²) in [6.45, 7) is 2.71. The zero-order chi connectivity index (χ0) is 15.5. The lowest BCUT2D eigenvalue weighted by molar-refractivity contribution is 0.0188. The Morgan fingerprint density at radius 2 is 2.19 bits per heavy atom. The number of aliphatic hydroxyl groups excluding tert-OH is 3. The lowest BCUT2D eigenvalue weighted by Crippen LogP contribution is -2.48. The quantitative estimate of drug-likeness (QED) is 0.727. The first-order valence-electron chi connectivity index (χ1n) is 7.04. The van der Waals surface area contributed by atoms with E-state index >= 15 is 0 Å². The molecule has 1 aromatic carbocycles. The first-order valence-corrected chi connectivity index (χ1v) is 7.42. The summed E-state index contributed by atoms with van der Waals surface area (Å²) in [5, 5.41) is 29.8. The average Bonchev–Trinajstić information content (AvgIpc) is 2.73. The first-order chi connectivity index (χ1) is 9.94. The highest BCUT2D eigenvalue weighted by Gasteiger charge is 2.41. The van der Waals surface area contributed by atoms with Gasteiger partial charge in [0.25, 0.3) is 0 Å². The highest BCUT2D eigenvalue weighted by atomic mass is 35.5. The van der Waals surface area contributed by atoms with Gasteiger partial charge in [-0.3, -0.25) is 4.90 Å². The summed E-state index contributed by atoms with van der Waals surface area (Å²) < 4.78 is 5.50. The Morgan fingerprint density at radius 3 is 2.86 bits per heavy atom. The topological polar surface area (TPSA) is 73.2 Å². The highest BCUT2D eigenvalue weighted by molar-refractivity contribution is 6.32. The summed E-state index contributed by atoms with van der Waals surface area (Å²) in [6.07, 6.45) is -0.696. The Kier molecular flexibility index (Phi) is 5.46. The van der Waals surface area contributed by atoms with Crippen LogP contribution >= 0.6 is 11.6 Å². The van der Waals surface area contributed by atoms with Gasteiger partial charge < -0.3 is 20.1 Å². The SMILES string of the molecule is CC1(CO)CC(O)CN1CC(O)COc1ccccc1Cl. The van der Waals surface area contributed by atoms with E-state index in [1.807, 2.05) is 24.0 Å². The van der Waals surface area contributed by atoms with Crippen molar-refractivity contribution in [3.05, 3.63) is 29.3 Å². The van der Waals surface area contributed by atoms with Crippen molar-refractivity contribution < 1.29 is 20.1 Å². The minimum absolute atomic E-state index is 0.0534. The van der Waals surface area contributed by atoms with Gasteiger partial charge in [-0.25, -0.2) is 0 Å². The second kappa shape index (κ2) is 6.94. The van der Waals surface area contributed by atoms with Crippen molar-refractivity contribution in [2.45, 2.75) is 31.1 Å². The molecule has 3 atom stereocenters. The van der Waals surface area contributed by atoms with Gasteiger partial charge in [0.2, 0.25) is 0 Å². The van der Waals surface area contributed by atoms with Crippen molar-refractivity contribution in [2.24, 2.45) is 0 Å². The normalized spacial score (nSPS) is 27.8. The van der Waals surface area contributed by atoms with Crippen molar-refractivity contribution in [1.29, 1.82) is 0 Å². The molecular weight excluding hydrogens is 294 g/mol. The number of para-hydroxylation sites is 1. The molecule has 1 aromatic rings. The van der Waals surface area contributed by atoms with E-state index in [1.165, 1.54) is 0 Å². The minimum atomic E-state index is -0.725. The number of nitrogens with zero attached hydrogens (tertiary/aromatic N) is 1. The zero-order valence-electron chi connectivity index (χ0n) is 12.1. The van der Waals surface area contributed by atoms with E-state index in [9.17, 15) is 15.3 Å². The number of hydrogen-bond acceptors (Lipinski definition) is 5. The molecule has 1 aliphatic rings. The second-order valence-electron chi connectivity index (χ2n) is 5.81. The molecule has 0 radical (unpaired) electrons. The van der Waals surface area contributed by atoms with Crippen LogP contribution in [0.1, 0.15) is 13.3 Å². The predicted octanol–water partition coefficient (Wildman–Crippen LogP) is 0.897. The van der Waals surface area contributed by atoms with Crippen LogP contribution in [0.15, 0.2) is 24.3 Å². The van der Waals surface area contributed by atoms with Gasteiger partial charge >= 0.3 is 0 Å². The van der Waals surface area contributed by atoms with Crippen molar-refractivity contribution in [1.82, 2.24) is 4.90 Å². The number of benzene rings is 1. The third kappa shape index (κ3) is 4.08. The van der Waals surface area contributed by atoms with Gasteiger partial charge in [0.15, 0.2) is 0 Å². The van der Waals surface area contributed by atoms with E-state index in [0.29, 0.717) is 30.3 Å². The largest absolute Gasteiger partial charge is 0.489 e. The maximum absolute atomic E-state index is 10.1. The monoisotopic (exact) mass is 315 g/mol. The number of rotatable bonds is 6. The Morgan fingerprint density at radius 1 is 1.48 bits per heavy atom. The average molecular weight is 316 g/mol. The zero-order valence-corrected chi connectivity index (χ0v) is 12.8. The van der Waals surface area contributed by atoms with Gasteiger partial charge in [0.1, 0.15) is 18.5 Å². The first kappa shape index (κ1) is 16.5. The Balaban J connectivity index is 1.87. The van der Waals surface area contributed by atoms with Crippen LogP contribution in [0.25, 0.3) is 0 Å². The number of halogens is 1. The van der Waals surface area contributed by atoms with E-state index < -0.39 is 17.7 Å². The van der Waals surface area contributed by atoms with Crippen LogP contribution in [0.3, 0.4) is 0 Å². The van der Waals surface area contributed by atoms with Crippen LogP contribution in [0.2, 0.25) is 5.02 Å². The molecule has 118 valence electrons. The third-order valence-corrected chi connectivity index (χ3v) is 4.22. The predicted molar refractivity (Wildman–Crippen MR) is 80.6 cm³/mol. The molecule has 0 bridgehead atoms. The number of aliphatic hydroxyl groups is 3. The lowest BCUT2D eigenvalue weighted by atomic mass is 9.99. The molecule has 21 heavy (non-hydrogen) atoms. The van der Waals surface area contributed by atoms with E-state index in [0.717, 1.165) is 0 Å². The molecule has 0 aromatic heterocycles. The van der Waals surface area contributed by atoms with E-state index in [-0.39, 0.29) is 13.2 Å². The summed E-state index contributed by atoms with van der Waals surface area (Å²) in [6, 6.07) is 7.09. The van der Waals surface area contributed by atoms with E-state index in [4.69, 9.17) is 16.3 Å². The summed E-state index contributed by atoms with van der Waals surface area (Å²) >= 11 is 5.98. The molecular formula is C15H22ClNO4. The van der Waals surface area contributed by atoms with E-state index in [2.05, 4.69) is 0 Å². The van der Waals surface area contributed by atoms with Crippen LogP contribution < -0.4 is 4.74 Å². The third-order valence-electron chi connectivity index (χ3n) is 3.91. The summed E-state index contributed by atoms with van der Waals surface area (Å²) in [7, 11) is 0. The fourth-order valence-electron chi connectivity index (χ4n) is 2.69. The molecule has 2 rings (SSSR count). The molecule has 1 aliphatic heterocycles. The number of ether oxygens (including phenoxy) is 1. The van der Waals surface area contributed by atoms with Gasteiger partial charge in [0.05, 0.1) is 17.7 Å². The molecule has 1 heterocycles. The molecule has 1 saturated heterocycles. The summed E-state index contributed by atoms with van der Waals surface area (Å²) in [4.78, 5) is 1.90. The van der Waals surface area contributed by atoms with Gasteiger partial charge in [-0.05, 0) is 25.5 Å². The maximum Gasteiger partial charge on any atom is 0.138 e. The van der Waals surface area contributed by atoms with Crippen LogP contribution in [-0.4, -0.2) is 64.3 Å². The number of likely N-dealkylation sites (tertiary alicyclic amines) is 1. The van der Waals surface area contributed by atoms with Crippen molar-refractivity contribution >= 4 is 11.6 Å². The fourth-order valence-corrected chi connectivity index (χ4v) is 2.88. The van der Waals surface area contributed by atoms with Crippen molar-refractivity contribution in [2.75, 3.05) is 26.3 Å². The molecule has 3 unspecified atom stereocenters. The molecule has 1 fully saturated rings. The fraction of sp³-hybridized carbons (Fsp3) is 0.600. The molecule has 0 saturated carbocycles. The molecule has 6 heteroatoms. The standard InChI is InChI=1S/C15H22ClNO4/c1-15(10-18)6-11(19)7-17(15)8-12(20)9-21-14-5-3-2-4-13(14)16/h2-5,11-12,18-20H,6-10H2,1H3. The van der Waals surface area contributed by atoms with Gasteiger partial charge in [-0.2, -0.15) is 0 Å². The van der Waals surface area contributed by atoms with Crippen LogP contribution in [0, 0.1) is 0 Å². The van der Waals surface area contributed by atoms with E-state index in [1.54, 1.807) is 12.1 Å². The van der Waals surface area contributed by atoms with Crippen molar-refractivity contribution in [3.8, 4) is 5.75 Å².